The fourth-order valence-corrected chi connectivity index (χ4v) is 0.684. The monoisotopic (exact) mass is 146 g/mol. The molecule has 0 aliphatic rings. The van der Waals surface area contributed by atoms with E-state index in [1.165, 1.54) is 17.1 Å². The molecule has 56 valence electrons. The Kier molecular flexibility index (Phi) is 2.36. The Labute approximate surface area is 57.5 Å². The Morgan fingerprint density at radius 2 is 2.30 bits per heavy atom. The van der Waals surface area contributed by atoms with Crippen molar-refractivity contribution < 1.29 is 8.78 Å². The number of nitrogens with zero attached hydrogens (tertiary/aromatic N) is 2. The molecule has 2 nitrogen and oxygen atoms in total. The molecule has 0 bridgehead atoms. The van der Waals surface area contributed by atoms with Crippen molar-refractivity contribution >= 4 is 0 Å². The van der Waals surface area contributed by atoms with Crippen LogP contribution in [0, 0.1) is 0 Å². The van der Waals surface area contributed by atoms with Crippen LogP contribution in [-0.2, 0) is 13.2 Å². The van der Waals surface area contributed by atoms with Crippen LogP contribution in [-0.4, -0.2) is 16.5 Å². The molecule has 1 rings (SSSR count). The average molecular weight is 146 g/mol. The molecule has 0 aliphatic carbocycles. The largest absolute Gasteiger partial charge is 0.270 e. The Hall–Kier alpha value is -0.930. The molecule has 0 N–H and O–H groups in total. The van der Waals surface area contributed by atoms with Crippen LogP contribution in [0.4, 0.5) is 8.78 Å². The molecule has 1 aromatic heterocycles. The van der Waals surface area contributed by atoms with E-state index >= 15 is 0 Å². The van der Waals surface area contributed by atoms with Gasteiger partial charge in [-0.1, -0.05) is 0 Å². The van der Waals surface area contributed by atoms with Crippen molar-refractivity contribution in [2.45, 2.75) is 13.2 Å². The van der Waals surface area contributed by atoms with Gasteiger partial charge in [-0.3, -0.25) is 4.68 Å². The lowest BCUT2D eigenvalue weighted by Crippen LogP contribution is -1.98. The van der Waals surface area contributed by atoms with Gasteiger partial charge in [0.25, 0.3) is 0 Å². The van der Waals surface area contributed by atoms with Gasteiger partial charge in [0.05, 0.1) is 12.7 Å². The lowest BCUT2D eigenvalue weighted by Gasteiger charge is -1.91. The Morgan fingerprint density at radius 1 is 1.50 bits per heavy atom. The van der Waals surface area contributed by atoms with Crippen LogP contribution in [0.1, 0.15) is 5.56 Å². The lowest BCUT2D eigenvalue weighted by molar-refractivity contribution is 0.426. The minimum Gasteiger partial charge on any atom is -0.270 e. The Balaban J connectivity index is 2.59. The second-order valence-corrected chi connectivity index (χ2v) is 1.93. The molecule has 1 heterocycles. The smallest absolute Gasteiger partial charge is 0.118 e. The summed E-state index contributed by atoms with van der Waals surface area (Å²) >= 11 is 0. The molecule has 0 unspecified atom stereocenters. The molecule has 0 radical (unpaired) electrons. The minimum atomic E-state index is -0.535. The summed E-state index contributed by atoms with van der Waals surface area (Å²) < 4.78 is 24.9. The van der Waals surface area contributed by atoms with Crippen LogP contribution in [0.5, 0.6) is 0 Å². The van der Waals surface area contributed by atoms with Crippen molar-refractivity contribution in [2.24, 2.45) is 0 Å². The molecule has 0 amide bonds. The molecular formula is C6H8F2N2. The van der Waals surface area contributed by atoms with Gasteiger partial charge in [0, 0.05) is 11.8 Å². The van der Waals surface area contributed by atoms with Crippen molar-refractivity contribution in [2.75, 3.05) is 6.67 Å². The fourth-order valence-electron chi connectivity index (χ4n) is 0.684. The third kappa shape index (κ3) is 1.52. The van der Waals surface area contributed by atoms with Crippen LogP contribution in [0.25, 0.3) is 0 Å². The molecule has 0 aromatic carbocycles. The van der Waals surface area contributed by atoms with Crippen LogP contribution in [0.3, 0.4) is 0 Å². The summed E-state index contributed by atoms with van der Waals surface area (Å²) in [5, 5.41) is 3.71. The third-order valence-corrected chi connectivity index (χ3v) is 1.15. The number of halogens is 2. The number of hydrogen-bond acceptors (Lipinski definition) is 1. The summed E-state index contributed by atoms with van der Waals surface area (Å²) in [5.74, 6) is 0. The predicted molar refractivity (Wildman–Crippen MR) is 33.0 cm³/mol. The summed E-state index contributed by atoms with van der Waals surface area (Å²) in [4.78, 5) is 0. The molecule has 0 saturated heterocycles. The highest BCUT2D eigenvalue weighted by molar-refractivity contribution is 5.01. The highest BCUT2D eigenvalue weighted by Crippen LogP contribution is 1.98. The normalized spacial score (nSPS) is 10.2. The number of alkyl halides is 2. The molecular weight excluding hydrogens is 138 g/mol. The lowest BCUT2D eigenvalue weighted by atomic mass is 10.4. The summed E-state index contributed by atoms with van der Waals surface area (Å²) in [7, 11) is 0. The van der Waals surface area contributed by atoms with Gasteiger partial charge in [-0.25, -0.2) is 8.78 Å². The summed E-state index contributed by atoms with van der Waals surface area (Å²) in [6.07, 6.45) is 2.90. The summed E-state index contributed by atoms with van der Waals surface area (Å²) in [5.41, 5.74) is 0.494. The maximum Gasteiger partial charge on any atom is 0.118 e. The second-order valence-electron chi connectivity index (χ2n) is 1.93. The zero-order chi connectivity index (χ0) is 7.40. The summed E-state index contributed by atoms with van der Waals surface area (Å²) in [6.45, 7) is -0.792. The first kappa shape index (κ1) is 7.18. The first-order valence-corrected chi connectivity index (χ1v) is 3.00. The zero-order valence-electron chi connectivity index (χ0n) is 5.43. The van der Waals surface area contributed by atoms with Crippen LogP contribution in [0.2, 0.25) is 0 Å². The average Bonchev–Trinajstić information content (AvgIpc) is 2.37. The van der Waals surface area contributed by atoms with Crippen LogP contribution in [0.15, 0.2) is 12.4 Å². The van der Waals surface area contributed by atoms with E-state index in [1.807, 2.05) is 0 Å². The number of aromatic nitrogens is 2. The Bertz CT molecular complexity index is 197. The van der Waals surface area contributed by atoms with Gasteiger partial charge in [-0.15, -0.1) is 0 Å². The molecule has 0 aliphatic heterocycles. The van der Waals surface area contributed by atoms with Crippen LogP contribution < -0.4 is 0 Å². The zero-order valence-corrected chi connectivity index (χ0v) is 5.43. The van der Waals surface area contributed by atoms with E-state index in [9.17, 15) is 8.78 Å². The maximum atomic E-state index is 11.8. The third-order valence-electron chi connectivity index (χ3n) is 1.15. The van der Waals surface area contributed by atoms with E-state index < -0.39 is 13.3 Å². The van der Waals surface area contributed by atoms with Gasteiger partial charge < -0.3 is 0 Å². The molecule has 0 atom stereocenters. The van der Waals surface area contributed by atoms with Crippen molar-refractivity contribution in [1.82, 2.24) is 9.78 Å². The minimum absolute atomic E-state index is 0.208. The maximum absolute atomic E-state index is 11.8. The van der Waals surface area contributed by atoms with Crippen molar-refractivity contribution in [1.29, 1.82) is 0 Å². The molecule has 0 spiro atoms. The molecule has 0 fully saturated rings. The predicted octanol–water partition coefficient (Wildman–Crippen LogP) is 1.32. The number of aryl methyl sites for hydroxylation is 1. The standard InChI is InChI=1S/C6H8F2N2/c7-1-2-10-5-6(3-8)4-9-10/h4-5H,1-3H2. The number of rotatable bonds is 3. The van der Waals surface area contributed by atoms with Crippen molar-refractivity contribution in [3.05, 3.63) is 18.0 Å². The van der Waals surface area contributed by atoms with Gasteiger partial charge in [-0.05, 0) is 0 Å². The fraction of sp³-hybridized carbons (Fsp3) is 0.500. The summed E-state index contributed by atoms with van der Waals surface area (Å²) in [6, 6.07) is 0. The quantitative estimate of drug-likeness (QED) is 0.628. The SMILES string of the molecule is FCCn1cc(CF)cn1. The van der Waals surface area contributed by atoms with Gasteiger partial charge in [0.2, 0.25) is 0 Å². The first-order valence-electron chi connectivity index (χ1n) is 3.00. The van der Waals surface area contributed by atoms with Gasteiger partial charge in [0.15, 0.2) is 0 Å². The van der Waals surface area contributed by atoms with Crippen molar-refractivity contribution in [3.8, 4) is 0 Å². The molecule has 10 heavy (non-hydrogen) atoms. The number of hydrogen-bond donors (Lipinski definition) is 0. The van der Waals surface area contributed by atoms with Gasteiger partial charge in [-0.2, -0.15) is 5.10 Å². The van der Waals surface area contributed by atoms with E-state index in [1.54, 1.807) is 0 Å². The topological polar surface area (TPSA) is 17.8 Å². The van der Waals surface area contributed by atoms with Crippen LogP contribution >= 0.6 is 0 Å². The second kappa shape index (κ2) is 3.29. The molecule has 0 saturated carbocycles. The van der Waals surface area contributed by atoms with Crippen molar-refractivity contribution in [3.63, 3.8) is 0 Å². The van der Waals surface area contributed by atoms with E-state index in [0.717, 1.165) is 0 Å². The van der Waals surface area contributed by atoms with E-state index in [2.05, 4.69) is 5.10 Å². The van der Waals surface area contributed by atoms with Gasteiger partial charge in [0.1, 0.15) is 13.3 Å². The van der Waals surface area contributed by atoms with E-state index in [-0.39, 0.29) is 6.54 Å². The first-order chi connectivity index (χ1) is 4.86. The van der Waals surface area contributed by atoms with E-state index in [0.29, 0.717) is 5.56 Å². The van der Waals surface area contributed by atoms with Gasteiger partial charge >= 0.3 is 0 Å². The molecule has 1 aromatic rings. The van der Waals surface area contributed by atoms with E-state index in [4.69, 9.17) is 0 Å². The Morgan fingerprint density at radius 3 is 2.80 bits per heavy atom. The highest BCUT2D eigenvalue weighted by Gasteiger charge is 1.95. The highest BCUT2D eigenvalue weighted by atomic mass is 19.1. The molecule has 4 heteroatoms.